The number of fused-ring (bicyclic) bond motifs is 2. The number of amides is 1. The minimum absolute atomic E-state index is 0.155. The first-order chi connectivity index (χ1) is 12.7. The summed E-state index contributed by atoms with van der Waals surface area (Å²) >= 11 is 0. The number of carbonyl (C=O) groups is 1. The van der Waals surface area contributed by atoms with Crippen LogP contribution in [0.25, 0.3) is 0 Å². The summed E-state index contributed by atoms with van der Waals surface area (Å²) in [4.78, 5) is 15.0. The number of likely N-dealkylation sites (tertiary alicyclic amines) is 1. The molecule has 5 nitrogen and oxygen atoms in total. The molecule has 1 saturated heterocycles. The number of hydrogen-bond acceptors (Lipinski definition) is 4. The number of benzene rings is 1. The summed E-state index contributed by atoms with van der Waals surface area (Å²) in [5.41, 5.74) is 2.77. The first-order valence-corrected chi connectivity index (χ1v) is 10.2. The van der Waals surface area contributed by atoms with Crippen molar-refractivity contribution in [1.82, 2.24) is 4.90 Å². The molecular weight excluding hydrogens is 326 g/mol. The monoisotopic (exact) mass is 359 g/mol. The van der Waals surface area contributed by atoms with Crippen LogP contribution in [0.4, 0.5) is 11.4 Å². The largest absolute Gasteiger partial charge is 0.488 e. The summed E-state index contributed by atoms with van der Waals surface area (Å²) in [5.74, 6) is 0.992. The average Bonchev–Trinajstić information content (AvgIpc) is 2.96. The van der Waals surface area contributed by atoms with Crippen molar-refractivity contribution in [1.29, 1.82) is 0 Å². The van der Waals surface area contributed by atoms with Gasteiger partial charge in [-0.25, -0.2) is 0 Å². The smallest absolute Gasteiger partial charge is 0.235 e. The van der Waals surface area contributed by atoms with Crippen LogP contribution in [0.2, 0.25) is 0 Å². The second-order valence-electron chi connectivity index (χ2n) is 7.29. The van der Waals surface area contributed by atoms with E-state index in [1.165, 1.54) is 0 Å². The lowest BCUT2D eigenvalue weighted by Gasteiger charge is -2.36. The Labute approximate surface area is 157 Å². The molecule has 0 bridgehead atoms. The van der Waals surface area contributed by atoms with Crippen molar-refractivity contribution in [3.63, 3.8) is 0 Å². The first-order valence-electron chi connectivity index (χ1n) is 10.2. The highest BCUT2D eigenvalue weighted by molar-refractivity contribution is 6.08. The van der Waals surface area contributed by atoms with E-state index in [0.29, 0.717) is 0 Å². The Hall–Kier alpha value is -1.75. The predicted molar refractivity (Wildman–Crippen MR) is 107 cm³/mol. The Balaban J connectivity index is 0.000000948. The van der Waals surface area contributed by atoms with Gasteiger partial charge in [0.2, 0.25) is 5.91 Å². The number of nitrogens with one attached hydrogen (secondary N) is 2. The Morgan fingerprint density at radius 2 is 1.96 bits per heavy atom. The third-order valence-corrected chi connectivity index (χ3v) is 6.06. The molecule has 3 aliphatic rings. The number of piperidine rings is 1. The number of carbonyl (C=O) groups excluding carboxylic acids is 1. The van der Waals surface area contributed by atoms with Crippen LogP contribution in [0.1, 0.15) is 58.4 Å². The molecule has 1 aliphatic carbocycles. The molecule has 26 heavy (non-hydrogen) atoms. The molecule has 5 heteroatoms. The van der Waals surface area contributed by atoms with Crippen LogP contribution in [-0.4, -0.2) is 43.6 Å². The maximum Gasteiger partial charge on any atom is 0.235 e. The van der Waals surface area contributed by atoms with E-state index in [-0.39, 0.29) is 17.4 Å². The van der Waals surface area contributed by atoms with Crippen molar-refractivity contribution in [3.05, 3.63) is 17.7 Å². The van der Waals surface area contributed by atoms with Gasteiger partial charge in [0, 0.05) is 31.9 Å². The predicted octanol–water partition coefficient (Wildman–Crippen LogP) is 3.99. The van der Waals surface area contributed by atoms with E-state index in [4.69, 9.17) is 4.74 Å². The van der Waals surface area contributed by atoms with Crippen LogP contribution >= 0.6 is 0 Å². The normalized spacial score (nSPS) is 21.3. The van der Waals surface area contributed by atoms with E-state index in [1.54, 1.807) is 0 Å². The Bertz CT molecular complexity index is 647. The van der Waals surface area contributed by atoms with Gasteiger partial charge in [0.25, 0.3) is 0 Å². The maximum atomic E-state index is 12.6. The van der Waals surface area contributed by atoms with Crippen LogP contribution in [0.15, 0.2) is 12.1 Å². The molecule has 2 fully saturated rings. The number of nitrogens with zero attached hydrogens (tertiary/aromatic N) is 1. The SMILES string of the molecule is CC.CCN1CCC(Oc2cc(NC)cc3c2NC(=O)C32CCC2)CC1. The first kappa shape index (κ1) is 19.0. The molecule has 2 heterocycles. The lowest BCUT2D eigenvalue weighted by Crippen LogP contribution is -2.40. The molecule has 1 saturated carbocycles. The zero-order chi connectivity index (χ0) is 18.7. The van der Waals surface area contributed by atoms with Crippen LogP contribution in [0.5, 0.6) is 5.75 Å². The van der Waals surface area contributed by atoms with Gasteiger partial charge in [-0.2, -0.15) is 0 Å². The lowest BCUT2D eigenvalue weighted by atomic mass is 9.65. The molecule has 1 aromatic rings. The lowest BCUT2D eigenvalue weighted by molar-refractivity contribution is -0.123. The second-order valence-corrected chi connectivity index (χ2v) is 7.29. The fraction of sp³-hybridized carbons (Fsp3) is 0.667. The van der Waals surface area contributed by atoms with E-state index in [1.807, 2.05) is 27.0 Å². The maximum absolute atomic E-state index is 12.6. The van der Waals surface area contributed by atoms with Gasteiger partial charge in [0.05, 0.1) is 11.1 Å². The minimum Gasteiger partial charge on any atom is -0.488 e. The van der Waals surface area contributed by atoms with Crippen molar-refractivity contribution in [2.45, 2.75) is 64.4 Å². The molecule has 1 aromatic carbocycles. The summed E-state index contributed by atoms with van der Waals surface area (Å²) in [6.45, 7) is 9.49. The average molecular weight is 360 g/mol. The van der Waals surface area contributed by atoms with Gasteiger partial charge < -0.3 is 20.3 Å². The molecule has 0 atom stereocenters. The van der Waals surface area contributed by atoms with E-state index in [2.05, 4.69) is 28.5 Å². The molecular formula is C21H33N3O2. The summed E-state index contributed by atoms with van der Waals surface area (Å²) < 4.78 is 6.36. The number of hydrogen-bond donors (Lipinski definition) is 2. The molecule has 4 rings (SSSR count). The van der Waals surface area contributed by atoms with Gasteiger partial charge in [0.15, 0.2) is 0 Å². The highest BCUT2D eigenvalue weighted by Gasteiger charge is 2.52. The van der Waals surface area contributed by atoms with Crippen LogP contribution in [0.3, 0.4) is 0 Å². The molecule has 0 unspecified atom stereocenters. The standard InChI is InChI=1S/C19H27N3O2.C2H6/c1-3-22-9-5-14(6-10-22)24-16-12-13(20-2)11-15-17(16)21-18(23)19(15)7-4-8-19;1-2/h11-12,14,20H,3-10H2,1-2H3,(H,21,23);1-2H3. The highest BCUT2D eigenvalue weighted by atomic mass is 16.5. The molecule has 2 aliphatic heterocycles. The van der Waals surface area contributed by atoms with Crippen molar-refractivity contribution >= 4 is 17.3 Å². The Morgan fingerprint density at radius 3 is 2.50 bits per heavy atom. The quantitative estimate of drug-likeness (QED) is 0.853. The van der Waals surface area contributed by atoms with Crippen molar-refractivity contribution in [3.8, 4) is 5.75 Å². The summed E-state index contributed by atoms with van der Waals surface area (Å²) in [5, 5.41) is 6.34. The van der Waals surface area contributed by atoms with E-state index < -0.39 is 0 Å². The highest BCUT2D eigenvalue weighted by Crippen LogP contribution is 2.54. The van der Waals surface area contributed by atoms with Crippen LogP contribution < -0.4 is 15.4 Å². The summed E-state index contributed by atoms with van der Waals surface area (Å²) in [6, 6.07) is 4.15. The zero-order valence-corrected chi connectivity index (χ0v) is 16.7. The number of ether oxygens (including phenoxy) is 1. The molecule has 1 spiro atoms. The Kier molecular flexibility index (Phi) is 5.76. The van der Waals surface area contributed by atoms with Gasteiger partial charge >= 0.3 is 0 Å². The summed E-state index contributed by atoms with van der Waals surface area (Å²) in [7, 11) is 1.92. The van der Waals surface area contributed by atoms with Crippen LogP contribution in [0, 0.1) is 0 Å². The van der Waals surface area contributed by atoms with Crippen molar-refractivity contribution in [2.24, 2.45) is 0 Å². The van der Waals surface area contributed by atoms with E-state index in [9.17, 15) is 4.79 Å². The minimum atomic E-state index is -0.300. The van der Waals surface area contributed by atoms with Crippen LogP contribution in [-0.2, 0) is 10.2 Å². The molecule has 0 aromatic heterocycles. The molecule has 2 N–H and O–H groups in total. The van der Waals surface area contributed by atoms with Gasteiger partial charge in [-0.05, 0) is 43.9 Å². The second kappa shape index (κ2) is 7.87. The third-order valence-electron chi connectivity index (χ3n) is 6.06. The van der Waals surface area contributed by atoms with Gasteiger partial charge in [-0.15, -0.1) is 0 Å². The van der Waals surface area contributed by atoms with Crippen molar-refractivity contribution < 1.29 is 9.53 Å². The van der Waals surface area contributed by atoms with Crippen molar-refractivity contribution in [2.75, 3.05) is 37.3 Å². The topological polar surface area (TPSA) is 53.6 Å². The Morgan fingerprint density at radius 1 is 1.27 bits per heavy atom. The van der Waals surface area contributed by atoms with Gasteiger partial charge in [-0.1, -0.05) is 27.2 Å². The molecule has 144 valence electrons. The summed E-state index contributed by atoms with van der Waals surface area (Å²) in [6.07, 6.45) is 5.36. The van der Waals surface area contributed by atoms with Gasteiger partial charge in [-0.3, -0.25) is 4.79 Å². The fourth-order valence-corrected chi connectivity index (χ4v) is 4.26. The number of rotatable bonds is 4. The number of anilines is 2. The van der Waals surface area contributed by atoms with E-state index in [0.717, 1.165) is 74.4 Å². The molecule has 1 amide bonds. The molecule has 0 radical (unpaired) electrons. The van der Waals surface area contributed by atoms with E-state index >= 15 is 0 Å². The van der Waals surface area contributed by atoms with Gasteiger partial charge in [0.1, 0.15) is 11.9 Å². The zero-order valence-electron chi connectivity index (χ0n) is 16.7. The third kappa shape index (κ3) is 3.18. The fourth-order valence-electron chi connectivity index (χ4n) is 4.26.